The second kappa shape index (κ2) is 4.81. The van der Waals surface area contributed by atoms with Crippen LogP contribution in [-0.2, 0) is 6.42 Å². The third-order valence-corrected chi connectivity index (χ3v) is 3.50. The molecule has 0 unspecified atom stereocenters. The Morgan fingerprint density at radius 3 is 2.95 bits per heavy atom. The van der Waals surface area contributed by atoms with E-state index >= 15 is 0 Å². The van der Waals surface area contributed by atoms with E-state index in [2.05, 4.69) is 10.1 Å². The quantitative estimate of drug-likeness (QED) is 0.746. The molecule has 1 aromatic carbocycles. The molecule has 0 amide bonds. The highest BCUT2D eigenvalue weighted by Gasteiger charge is 2.11. The van der Waals surface area contributed by atoms with E-state index in [0.29, 0.717) is 23.7 Å². The molecular formula is C13H10FN3OS. The Balaban J connectivity index is 1.86. The fourth-order valence-corrected chi connectivity index (χ4v) is 2.39. The maximum atomic E-state index is 13.1. The largest absolute Gasteiger partial charge is 0.396 e. The molecule has 0 saturated carbocycles. The molecule has 3 aromatic rings. The van der Waals surface area contributed by atoms with Crippen LogP contribution in [0.4, 0.5) is 10.1 Å². The van der Waals surface area contributed by atoms with Crippen LogP contribution in [0.5, 0.6) is 0 Å². The van der Waals surface area contributed by atoms with Gasteiger partial charge < -0.3 is 10.3 Å². The maximum Gasteiger partial charge on any atom is 0.258 e. The summed E-state index contributed by atoms with van der Waals surface area (Å²) in [7, 11) is 0. The van der Waals surface area contributed by atoms with Crippen LogP contribution in [0.3, 0.4) is 0 Å². The van der Waals surface area contributed by atoms with Gasteiger partial charge in [-0.05, 0) is 29.6 Å². The van der Waals surface area contributed by atoms with Crippen molar-refractivity contribution in [2.45, 2.75) is 6.42 Å². The second-order valence-electron chi connectivity index (χ2n) is 4.01. The lowest BCUT2D eigenvalue weighted by molar-refractivity contribution is 0.424. The van der Waals surface area contributed by atoms with Gasteiger partial charge in [0.05, 0.1) is 5.69 Å². The van der Waals surface area contributed by atoms with E-state index < -0.39 is 5.82 Å². The van der Waals surface area contributed by atoms with Crippen LogP contribution < -0.4 is 5.73 Å². The van der Waals surface area contributed by atoms with Gasteiger partial charge >= 0.3 is 0 Å². The molecule has 6 heteroatoms. The van der Waals surface area contributed by atoms with Crippen molar-refractivity contribution in [1.29, 1.82) is 0 Å². The summed E-state index contributed by atoms with van der Waals surface area (Å²) in [5, 5.41) is 5.90. The van der Waals surface area contributed by atoms with Crippen molar-refractivity contribution < 1.29 is 8.91 Å². The van der Waals surface area contributed by atoms with Crippen LogP contribution in [0.2, 0.25) is 0 Å². The Labute approximate surface area is 112 Å². The van der Waals surface area contributed by atoms with Crippen molar-refractivity contribution in [1.82, 2.24) is 10.1 Å². The topological polar surface area (TPSA) is 64.9 Å². The molecule has 2 heterocycles. The van der Waals surface area contributed by atoms with Crippen LogP contribution in [-0.4, -0.2) is 10.1 Å². The second-order valence-corrected chi connectivity index (χ2v) is 5.04. The van der Waals surface area contributed by atoms with Crippen LogP contribution >= 0.6 is 11.3 Å². The summed E-state index contributed by atoms with van der Waals surface area (Å²) in [4.78, 5) is 5.44. The summed E-state index contributed by atoms with van der Waals surface area (Å²) in [6, 6.07) is 8.32. The summed E-state index contributed by atoms with van der Waals surface area (Å²) < 4.78 is 18.2. The molecule has 0 spiro atoms. The molecule has 4 nitrogen and oxygen atoms in total. The Morgan fingerprint density at radius 2 is 2.21 bits per heavy atom. The average Bonchev–Trinajstić information content (AvgIpc) is 3.05. The normalized spacial score (nSPS) is 10.8. The molecule has 0 aliphatic rings. The molecule has 19 heavy (non-hydrogen) atoms. The molecule has 0 bridgehead atoms. The highest BCUT2D eigenvalue weighted by molar-refractivity contribution is 7.09. The first-order valence-corrected chi connectivity index (χ1v) is 6.51. The molecule has 0 aliphatic carbocycles. The van der Waals surface area contributed by atoms with Gasteiger partial charge in [-0.1, -0.05) is 11.2 Å². The molecule has 3 rings (SSSR count). The first-order valence-electron chi connectivity index (χ1n) is 5.63. The fraction of sp³-hybridized carbons (Fsp3) is 0.0769. The standard InChI is InChI=1S/C13H10FN3OS/c14-10-4-3-8(6-11(10)15)13-16-12(17-18-13)7-9-2-1-5-19-9/h1-6H,7,15H2. The van der Waals surface area contributed by atoms with Gasteiger partial charge in [-0.15, -0.1) is 11.3 Å². The Hall–Kier alpha value is -2.21. The van der Waals surface area contributed by atoms with Crippen molar-refractivity contribution in [3.05, 3.63) is 52.2 Å². The van der Waals surface area contributed by atoms with Crippen molar-refractivity contribution in [3.8, 4) is 11.5 Å². The molecule has 2 N–H and O–H groups in total. The minimum Gasteiger partial charge on any atom is -0.396 e. The van der Waals surface area contributed by atoms with Gasteiger partial charge in [0.1, 0.15) is 5.82 Å². The minimum atomic E-state index is -0.456. The van der Waals surface area contributed by atoms with E-state index in [1.54, 1.807) is 17.4 Å². The SMILES string of the molecule is Nc1cc(-c2nc(Cc3cccs3)no2)ccc1F. The summed E-state index contributed by atoms with van der Waals surface area (Å²) in [5.74, 6) is 0.487. The monoisotopic (exact) mass is 275 g/mol. The highest BCUT2D eigenvalue weighted by Crippen LogP contribution is 2.22. The van der Waals surface area contributed by atoms with Crippen molar-refractivity contribution >= 4 is 17.0 Å². The van der Waals surface area contributed by atoms with E-state index in [1.807, 2.05) is 17.5 Å². The van der Waals surface area contributed by atoms with Crippen molar-refractivity contribution in [2.75, 3.05) is 5.73 Å². The lowest BCUT2D eigenvalue weighted by Gasteiger charge is -1.97. The van der Waals surface area contributed by atoms with Gasteiger partial charge in [-0.2, -0.15) is 4.98 Å². The predicted octanol–water partition coefficient (Wildman–Crippen LogP) is 3.11. The van der Waals surface area contributed by atoms with Gasteiger partial charge in [0.25, 0.3) is 5.89 Å². The molecule has 0 radical (unpaired) electrons. The number of aromatic nitrogens is 2. The van der Waals surface area contributed by atoms with E-state index in [1.165, 1.54) is 12.1 Å². The number of thiophene rings is 1. The zero-order valence-corrected chi connectivity index (χ0v) is 10.7. The molecular weight excluding hydrogens is 265 g/mol. The third kappa shape index (κ3) is 2.48. The third-order valence-electron chi connectivity index (χ3n) is 2.62. The van der Waals surface area contributed by atoms with Crippen LogP contribution in [0.1, 0.15) is 10.7 Å². The first kappa shape index (κ1) is 11.9. The predicted molar refractivity (Wildman–Crippen MR) is 71.2 cm³/mol. The fourth-order valence-electron chi connectivity index (χ4n) is 1.69. The molecule has 0 atom stereocenters. The minimum absolute atomic E-state index is 0.0653. The Bertz CT molecular complexity index is 694. The number of nitrogens with zero attached hydrogens (tertiary/aromatic N) is 2. The summed E-state index contributed by atoms with van der Waals surface area (Å²) in [6.45, 7) is 0. The van der Waals surface area contributed by atoms with E-state index in [0.717, 1.165) is 4.88 Å². The number of hydrogen-bond donors (Lipinski definition) is 1. The Kier molecular flexibility index (Phi) is 3.00. The van der Waals surface area contributed by atoms with Crippen LogP contribution in [0, 0.1) is 5.82 Å². The van der Waals surface area contributed by atoms with Gasteiger partial charge in [0, 0.05) is 16.9 Å². The zero-order chi connectivity index (χ0) is 13.2. The number of nitrogen functional groups attached to an aromatic ring is 1. The van der Waals surface area contributed by atoms with Crippen molar-refractivity contribution in [2.24, 2.45) is 0 Å². The van der Waals surface area contributed by atoms with E-state index in [4.69, 9.17) is 10.3 Å². The average molecular weight is 275 g/mol. The molecule has 0 aliphatic heterocycles. The summed E-state index contributed by atoms with van der Waals surface area (Å²) >= 11 is 1.64. The lowest BCUT2D eigenvalue weighted by Crippen LogP contribution is -1.91. The molecule has 0 saturated heterocycles. The number of halogens is 1. The van der Waals surface area contributed by atoms with Gasteiger partial charge in [0.2, 0.25) is 0 Å². The maximum absolute atomic E-state index is 13.1. The van der Waals surface area contributed by atoms with Crippen LogP contribution in [0.25, 0.3) is 11.5 Å². The number of anilines is 1. The zero-order valence-electron chi connectivity index (χ0n) is 9.84. The number of benzene rings is 1. The van der Waals surface area contributed by atoms with E-state index in [-0.39, 0.29) is 5.69 Å². The van der Waals surface area contributed by atoms with Gasteiger partial charge in [0.15, 0.2) is 5.82 Å². The molecule has 0 fully saturated rings. The first-order chi connectivity index (χ1) is 9.22. The molecule has 2 aromatic heterocycles. The summed E-state index contributed by atoms with van der Waals surface area (Å²) in [5.41, 5.74) is 6.19. The number of hydrogen-bond acceptors (Lipinski definition) is 5. The smallest absolute Gasteiger partial charge is 0.258 e. The summed E-state index contributed by atoms with van der Waals surface area (Å²) in [6.07, 6.45) is 0.623. The van der Waals surface area contributed by atoms with Gasteiger partial charge in [-0.25, -0.2) is 4.39 Å². The van der Waals surface area contributed by atoms with Crippen molar-refractivity contribution in [3.63, 3.8) is 0 Å². The number of rotatable bonds is 3. The molecule has 96 valence electrons. The lowest BCUT2D eigenvalue weighted by atomic mass is 10.2. The highest BCUT2D eigenvalue weighted by atomic mass is 32.1. The van der Waals surface area contributed by atoms with Gasteiger partial charge in [-0.3, -0.25) is 0 Å². The van der Waals surface area contributed by atoms with E-state index in [9.17, 15) is 4.39 Å². The Morgan fingerprint density at radius 1 is 1.32 bits per heavy atom. The number of nitrogens with two attached hydrogens (primary N) is 1. The van der Waals surface area contributed by atoms with Crippen LogP contribution in [0.15, 0.2) is 40.2 Å².